The lowest BCUT2D eigenvalue weighted by molar-refractivity contribution is -0.432. The minimum atomic E-state index is -0.932. The number of hydrogen-bond acceptors (Lipinski definition) is 11. The minimum Gasteiger partial charge on any atom is -0.460 e. The molecule has 0 fully saturated rings. The average molecular weight is 507 g/mol. The van der Waals surface area contributed by atoms with Gasteiger partial charge in [-0.3, -0.25) is 0 Å². The highest BCUT2D eigenvalue weighted by molar-refractivity contribution is 5.87. The van der Waals surface area contributed by atoms with E-state index >= 15 is 0 Å². The number of esters is 2. The van der Waals surface area contributed by atoms with Crippen LogP contribution in [0, 0.1) is 0 Å². The van der Waals surface area contributed by atoms with Crippen molar-refractivity contribution >= 4 is 11.9 Å². The molecule has 0 aromatic heterocycles. The third kappa shape index (κ3) is 20.1. The summed E-state index contributed by atoms with van der Waals surface area (Å²) in [6, 6.07) is 0. The van der Waals surface area contributed by atoms with Crippen molar-refractivity contribution in [3.8, 4) is 0 Å². The molecule has 0 spiro atoms. The van der Waals surface area contributed by atoms with Crippen LogP contribution in [0.1, 0.15) is 55.4 Å². The molecule has 0 N–H and O–H groups in total. The van der Waals surface area contributed by atoms with Crippen LogP contribution in [0.15, 0.2) is 24.3 Å². The van der Waals surface area contributed by atoms with Gasteiger partial charge in [0.25, 0.3) is 0 Å². The zero-order valence-corrected chi connectivity index (χ0v) is 22.3. The Morgan fingerprint density at radius 1 is 0.657 bits per heavy atom. The molecule has 11 nitrogen and oxygen atoms in total. The summed E-state index contributed by atoms with van der Waals surface area (Å²) in [5.74, 6) is -1.03. The summed E-state index contributed by atoms with van der Waals surface area (Å²) in [6.45, 7) is 20.9. The highest BCUT2D eigenvalue weighted by atomic mass is 17.2. The fourth-order valence-corrected chi connectivity index (χ4v) is 1.74. The Balaban J connectivity index is 4.74. The van der Waals surface area contributed by atoms with Crippen molar-refractivity contribution in [2.45, 2.75) is 79.2 Å². The molecular weight excluding hydrogens is 464 g/mol. The normalized spacial score (nSPS) is 13.7. The second kappa shape index (κ2) is 16.7. The number of carbonyl (C=O) groups excluding carboxylic acids is 2. The van der Waals surface area contributed by atoms with E-state index in [0.717, 1.165) is 0 Å². The molecule has 0 rings (SSSR count). The molecule has 0 aromatic carbocycles. The van der Waals surface area contributed by atoms with E-state index in [1.54, 1.807) is 13.8 Å². The Hall–Kier alpha value is -1.86. The van der Waals surface area contributed by atoms with E-state index < -0.39 is 35.7 Å². The monoisotopic (exact) mass is 506 g/mol. The first-order valence-electron chi connectivity index (χ1n) is 11.3. The highest BCUT2D eigenvalue weighted by Crippen LogP contribution is 2.12. The van der Waals surface area contributed by atoms with Crippen molar-refractivity contribution in [1.82, 2.24) is 0 Å². The first kappa shape index (κ1) is 33.1. The summed E-state index contributed by atoms with van der Waals surface area (Å²) < 4.78 is 26.7. The van der Waals surface area contributed by atoms with Gasteiger partial charge in [-0.05, 0) is 55.4 Å². The Morgan fingerprint density at radius 2 is 1.00 bits per heavy atom. The Morgan fingerprint density at radius 3 is 1.29 bits per heavy atom. The summed E-state index contributed by atoms with van der Waals surface area (Å²) in [7, 11) is 0. The maximum absolute atomic E-state index is 11.5. The summed E-state index contributed by atoms with van der Waals surface area (Å²) >= 11 is 0. The fourth-order valence-electron chi connectivity index (χ4n) is 1.74. The van der Waals surface area contributed by atoms with Gasteiger partial charge < -0.3 is 23.7 Å². The molecule has 0 aliphatic heterocycles. The summed E-state index contributed by atoms with van der Waals surface area (Å²) in [5.41, 5.74) is -0.611. The van der Waals surface area contributed by atoms with Gasteiger partial charge in [-0.25, -0.2) is 29.1 Å². The van der Waals surface area contributed by atoms with Crippen LogP contribution in [0.2, 0.25) is 0 Å². The van der Waals surface area contributed by atoms with Crippen LogP contribution in [-0.4, -0.2) is 75.4 Å². The minimum absolute atomic E-state index is 0.00174. The predicted octanol–water partition coefficient (Wildman–Crippen LogP) is 3.42. The lowest BCUT2D eigenvalue weighted by Gasteiger charge is -2.25. The Bertz CT molecular complexity index is 605. The second-order valence-electron chi connectivity index (χ2n) is 9.55. The zero-order valence-electron chi connectivity index (χ0n) is 22.3. The predicted molar refractivity (Wildman–Crippen MR) is 126 cm³/mol. The lowest BCUT2D eigenvalue weighted by atomic mass is 10.2. The maximum atomic E-state index is 11.5. The van der Waals surface area contributed by atoms with Crippen LogP contribution < -0.4 is 0 Å². The molecule has 0 saturated carbocycles. The number of carbonyl (C=O) groups is 2. The molecule has 2 unspecified atom stereocenters. The van der Waals surface area contributed by atoms with Crippen molar-refractivity contribution in [3.05, 3.63) is 24.3 Å². The highest BCUT2D eigenvalue weighted by Gasteiger charge is 2.22. The van der Waals surface area contributed by atoms with Crippen molar-refractivity contribution in [3.63, 3.8) is 0 Å². The third-order valence-corrected chi connectivity index (χ3v) is 3.26. The SMILES string of the molecule is C=C(C)C(=O)OCCOC(COCC(OCCOC(=O)C(=C)C)OOC(C)(C)C)OOC(C)(C)C. The molecule has 204 valence electrons. The largest absolute Gasteiger partial charge is 0.460 e. The van der Waals surface area contributed by atoms with Crippen molar-refractivity contribution < 1.29 is 52.8 Å². The van der Waals surface area contributed by atoms with E-state index in [1.165, 1.54) is 0 Å². The van der Waals surface area contributed by atoms with E-state index in [4.69, 9.17) is 43.2 Å². The molecule has 0 radical (unpaired) electrons. The van der Waals surface area contributed by atoms with Crippen LogP contribution in [-0.2, 0) is 52.8 Å². The standard InChI is InChI=1S/C24H42O11/c1-17(2)21(25)30-13-11-28-19(32-34-23(5,6)7)15-27-16-20(33-35-24(8,9)10)29-12-14-31-22(26)18(3)4/h19-20H,1,3,11-16H2,2,4-10H3. The van der Waals surface area contributed by atoms with Gasteiger partial charge in [0.15, 0.2) is 0 Å². The van der Waals surface area contributed by atoms with Gasteiger partial charge in [0.05, 0.1) is 24.4 Å². The fraction of sp³-hybridized carbons (Fsp3) is 0.750. The van der Waals surface area contributed by atoms with Crippen molar-refractivity contribution in [1.29, 1.82) is 0 Å². The van der Waals surface area contributed by atoms with Gasteiger partial charge in [0.1, 0.15) is 26.4 Å². The topological polar surface area (TPSA) is 117 Å². The van der Waals surface area contributed by atoms with Gasteiger partial charge >= 0.3 is 11.9 Å². The van der Waals surface area contributed by atoms with Gasteiger partial charge in [-0.1, -0.05) is 13.2 Å². The molecule has 0 aromatic rings. The van der Waals surface area contributed by atoms with Gasteiger partial charge in [0.2, 0.25) is 12.6 Å². The summed E-state index contributed by atoms with van der Waals surface area (Å²) in [5, 5.41) is 0. The van der Waals surface area contributed by atoms with Crippen LogP contribution >= 0.6 is 0 Å². The van der Waals surface area contributed by atoms with E-state index in [2.05, 4.69) is 13.2 Å². The first-order valence-corrected chi connectivity index (χ1v) is 11.3. The number of rotatable bonds is 18. The molecule has 0 bridgehead atoms. The molecule has 0 amide bonds. The maximum Gasteiger partial charge on any atom is 0.333 e. The zero-order chi connectivity index (χ0) is 27.1. The van der Waals surface area contributed by atoms with Gasteiger partial charge in [0, 0.05) is 11.1 Å². The third-order valence-electron chi connectivity index (χ3n) is 3.26. The van der Waals surface area contributed by atoms with Gasteiger partial charge in [-0.2, -0.15) is 0 Å². The van der Waals surface area contributed by atoms with Crippen LogP contribution in [0.25, 0.3) is 0 Å². The Kier molecular flexibility index (Phi) is 15.9. The molecule has 35 heavy (non-hydrogen) atoms. The first-order chi connectivity index (χ1) is 16.1. The van der Waals surface area contributed by atoms with Crippen LogP contribution in [0.5, 0.6) is 0 Å². The molecule has 0 heterocycles. The number of hydrogen-bond donors (Lipinski definition) is 0. The lowest BCUT2D eigenvalue weighted by Crippen LogP contribution is -2.34. The summed E-state index contributed by atoms with van der Waals surface area (Å²) in [6.07, 6.45) is -1.86. The van der Waals surface area contributed by atoms with E-state index in [1.807, 2.05) is 41.5 Å². The van der Waals surface area contributed by atoms with E-state index in [-0.39, 0.29) is 50.8 Å². The molecule has 2 atom stereocenters. The second-order valence-corrected chi connectivity index (χ2v) is 9.55. The van der Waals surface area contributed by atoms with Gasteiger partial charge in [-0.15, -0.1) is 0 Å². The molecule has 0 aliphatic carbocycles. The Labute approximate surface area is 208 Å². The molecule has 0 saturated heterocycles. The van der Waals surface area contributed by atoms with E-state index in [9.17, 15) is 9.59 Å². The van der Waals surface area contributed by atoms with Crippen molar-refractivity contribution in [2.24, 2.45) is 0 Å². The number of ether oxygens (including phenoxy) is 5. The van der Waals surface area contributed by atoms with Crippen LogP contribution in [0.4, 0.5) is 0 Å². The van der Waals surface area contributed by atoms with Crippen molar-refractivity contribution in [2.75, 3.05) is 39.6 Å². The quantitative estimate of drug-likeness (QED) is 0.0679. The molecule has 11 heteroatoms. The average Bonchev–Trinajstić information content (AvgIpc) is 2.73. The summed E-state index contributed by atoms with van der Waals surface area (Å²) in [4.78, 5) is 44.2. The van der Waals surface area contributed by atoms with Crippen LogP contribution in [0.3, 0.4) is 0 Å². The molecular formula is C24H42O11. The smallest absolute Gasteiger partial charge is 0.333 e. The van der Waals surface area contributed by atoms with E-state index in [0.29, 0.717) is 0 Å². The molecule has 0 aliphatic rings.